The van der Waals surface area contributed by atoms with Crippen molar-refractivity contribution in [3.05, 3.63) is 0 Å². The molecule has 0 saturated heterocycles. The zero-order valence-corrected chi connectivity index (χ0v) is 10.5. The molecule has 16 heavy (non-hydrogen) atoms. The molecule has 0 aliphatic heterocycles. The van der Waals surface area contributed by atoms with Crippen LogP contribution in [0.4, 0.5) is 0 Å². The first-order valence-electron chi connectivity index (χ1n) is 7.19. The first-order valence-corrected chi connectivity index (χ1v) is 7.19. The van der Waals surface area contributed by atoms with Crippen molar-refractivity contribution >= 4 is 0 Å². The predicted molar refractivity (Wildman–Crippen MR) is 67.4 cm³/mol. The number of hydrogen-bond donors (Lipinski definition) is 1. The second-order valence-corrected chi connectivity index (χ2v) is 5.76. The second kappa shape index (κ2) is 6.02. The van der Waals surface area contributed by atoms with E-state index >= 15 is 0 Å². The van der Waals surface area contributed by atoms with Gasteiger partial charge in [-0.3, -0.25) is 0 Å². The quantitative estimate of drug-likeness (QED) is 0.797. The fourth-order valence-corrected chi connectivity index (χ4v) is 3.25. The molecule has 0 atom stereocenters. The Bertz CT molecular complexity index is 193. The van der Waals surface area contributed by atoms with Gasteiger partial charge >= 0.3 is 0 Å². The van der Waals surface area contributed by atoms with Crippen molar-refractivity contribution < 1.29 is 4.74 Å². The van der Waals surface area contributed by atoms with Crippen LogP contribution in [0.1, 0.15) is 64.2 Å². The van der Waals surface area contributed by atoms with E-state index in [0.29, 0.717) is 0 Å². The van der Waals surface area contributed by atoms with Gasteiger partial charge in [0.05, 0.1) is 12.2 Å². The minimum atomic E-state index is 0.0513. The number of nitrogens with two attached hydrogens (primary N) is 1. The Morgan fingerprint density at radius 3 is 2.19 bits per heavy atom. The van der Waals surface area contributed by atoms with Crippen LogP contribution in [-0.4, -0.2) is 18.8 Å². The normalized spacial score (nSPS) is 26.8. The molecule has 0 spiro atoms. The highest BCUT2D eigenvalue weighted by molar-refractivity contribution is 4.85. The average Bonchev–Trinajstić information content (AvgIpc) is 2.39. The highest BCUT2D eigenvalue weighted by atomic mass is 16.5. The lowest BCUT2D eigenvalue weighted by Gasteiger charge is -2.37. The second-order valence-electron chi connectivity index (χ2n) is 5.76. The molecule has 0 aromatic heterocycles. The molecule has 0 bridgehead atoms. The van der Waals surface area contributed by atoms with E-state index in [4.69, 9.17) is 10.5 Å². The third kappa shape index (κ3) is 3.21. The van der Waals surface area contributed by atoms with E-state index in [1.54, 1.807) is 0 Å². The molecular formula is C14H27NO. The molecule has 0 aromatic rings. The van der Waals surface area contributed by atoms with Gasteiger partial charge in [-0.2, -0.15) is 0 Å². The summed E-state index contributed by atoms with van der Waals surface area (Å²) in [4.78, 5) is 0. The third-order valence-corrected chi connectivity index (χ3v) is 4.49. The molecule has 2 aliphatic carbocycles. The largest absolute Gasteiger partial charge is 0.373 e. The van der Waals surface area contributed by atoms with Gasteiger partial charge in [0.1, 0.15) is 0 Å². The molecule has 2 rings (SSSR count). The Labute approximate surface area is 99.9 Å². The van der Waals surface area contributed by atoms with Crippen LogP contribution >= 0.6 is 0 Å². The first kappa shape index (κ1) is 12.4. The van der Waals surface area contributed by atoms with Gasteiger partial charge in [-0.1, -0.05) is 38.5 Å². The van der Waals surface area contributed by atoms with Gasteiger partial charge < -0.3 is 10.5 Å². The van der Waals surface area contributed by atoms with Crippen LogP contribution in [0.15, 0.2) is 0 Å². The molecule has 2 fully saturated rings. The minimum absolute atomic E-state index is 0.0513. The topological polar surface area (TPSA) is 35.2 Å². The first-order chi connectivity index (χ1) is 7.85. The zero-order valence-electron chi connectivity index (χ0n) is 10.5. The van der Waals surface area contributed by atoms with Crippen LogP contribution in [0.5, 0.6) is 0 Å². The van der Waals surface area contributed by atoms with E-state index in [1.807, 2.05) is 0 Å². The average molecular weight is 225 g/mol. The third-order valence-electron chi connectivity index (χ3n) is 4.49. The van der Waals surface area contributed by atoms with Gasteiger partial charge in [0, 0.05) is 6.54 Å². The molecule has 2 saturated carbocycles. The molecule has 2 aliphatic rings. The molecule has 2 nitrogen and oxygen atoms in total. The maximum Gasteiger partial charge on any atom is 0.0804 e. The van der Waals surface area contributed by atoms with Crippen LogP contribution in [0.3, 0.4) is 0 Å². The SMILES string of the molecule is NCC1(OCC2CCCCC2)CCCCC1. The molecule has 2 heteroatoms. The Morgan fingerprint density at radius 1 is 0.938 bits per heavy atom. The van der Waals surface area contributed by atoms with E-state index in [9.17, 15) is 0 Å². The van der Waals surface area contributed by atoms with E-state index in [0.717, 1.165) is 19.1 Å². The standard InChI is InChI=1S/C14H27NO/c15-12-14(9-5-2-6-10-14)16-11-13-7-3-1-4-8-13/h13H,1-12,15H2. The van der Waals surface area contributed by atoms with E-state index in [1.165, 1.54) is 64.2 Å². The lowest BCUT2D eigenvalue weighted by Crippen LogP contribution is -2.43. The molecule has 94 valence electrons. The maximum atomic E-state index is 6.23. The van der Waals surface area contributed by atoms with Crippen LogP contribution in [-0.2, 0) is 4.74 Å². The molecule has 2 N–H and O–H groups in total. The fraction of sp³-hybridized carbons (Fsp3) is 1.00. The predicted octanol–water partition coefficient (Wildman–Crippen LogP) is 3.24. The zero-order chi connectivity index (χ0) is 11.3. The van der Waals surface area contributed by atoms with Gasteiger partial charge in [0.2, 0.25) is 0 Å². The molecule has 0 aromatic carbocycles. The number of ether oxygens (including phenoxy) is 1. The van der Waals surface area contributed by atoms with Crippen molar-refractivity contribution in [2.75, 3.05) is 13.2 Å². The van der Waals surface area contributed by atoms with Gasteiger partial charge in [-0.05, 0) is 31.6 Å². The summed E-state index contributed by atoms with van der Waals surface area (Å²) in [5, 5.41) is 0. The van der Waals surface area contributed by atoms with Crippen LogP contribution in [0.25, 0.3) is 0 Å². The van der Waals surface area contributed by atoms with Gasteiger partial charge in [0.25, 0.3) is 0 Å². The Hall–Kier alpha value is -0.0800. The summed E-state index contributed by atoms with van der Waals surface area (Å²) in [5.41, 5.74) is 5.98. The summed E-state index contributed by atoms with van der Waals surface area (Å²) in [6, 6.07) is 0. The molecule has 0 unspecified atom stereocenters. The highest BCUT2D eigenvalue weighted by Crippen LogP contribution is 2.33. The van der Waals surface area contributed by atoms with Crippen molar-refractivity contribution in [3.8, 4) is 0 Å². The monoisotopic (exact) mass is 225 g/mol. The van der Waals surface area contributed by atoms with Crippen molar-refractivity contribution in [2.24, 2.45) is 11.7 Å². The van der Waals surface area contributed by atoms with Crippen molar-refractivity contribution in [2.45, 2.75) is 69.8 Å². The fourth-order valence-electron chi connectivity index (χ4n) is 3.25. The Balaban J connectivity index is 1.77. The summed E-state index contributed by atoms with van der Waals surface area (Å²) in [6.07, 6.45) is 13.4. The number of hydrogen-bond acceptors (Lipinski definition) is 2. The lowest BCUT2D eigenvalue weighted by molar-refractivity contribution is -0.0802. The van der Waals surface area contributed by atoms with Gasteiger partial charge in [-0.15, -0.1) is 0 Å². The van der Waals surface area contributed by atoms with Gasteiger partial charge in [0.15, 0.2) is 0 Å². The highest BCUT2D eigenvalue weighted by Gasteiger charge is 2.32. The molecule has 0 amide bonds. The summed E-state index contributed by atoms with van der Waals surface area (Å²) in [7, 11) is 0. The summed E-state index contributed by atoms with van der Waals surface area (Å²) in [6.45, 7) is 1.69. The Kier molecular flexibility index (Phi) is 4.66. The Morgan fingerprint density at radius 2 is 1.56 bits per heavy atom. The van der Waals surface area contributed by atoms with Crippen molar-refractivity contribution in [1.29, 1.82) is 0 Å². The summed E-state index contributed by atoms with van der Waals surface area (Å²) >= 11 is 0. The number of rotatable bonds is 4. The molecule has 0 radical (unpaired) electrons. The van der Waals surface area contributed by atoms with E-state index in [2.05, 4.69) is 0 Å². The van der Waals surface area contributed by atoms with Crippen molar-refractivity contribution in [3.63, 3.8) is 0 Å². The minimum Gasteiger partial charge on any atom is -0.373 e. The van der Waals surface area contributed by atoms with E-state index < -0.39 is 0 Å². The molecule has 0 heterocycles. The van der Waals surface area contributed by atoms with Crippen molar-refractivity contribution in [1.82, 2.24) is 0 Å². The van der Waals surface area contributed by atoms with Crippen LogP contribution in [0.2, 0.25) is 0 Å². The maximum absolute atomic E-state index is 6.23. The van der Waals surface area contributed by atoms with Crippen LogP contribution in [0, 0.1) is 5.92 Å². The summed E-state index contributed by atoms with van der Waals surface area (Å²) < 4.78 is 6.23. The van der Waals surface area contributed by atoms with Gasteiger partial charge in [-0.25, -0.2) is 0 Å². The molecular weight excluding hydrogens is 198 g/mol. The lowest BCUT2D eigenvalue weighted by atomic mass is 9.84. The van der Waals surface area contributed by atoms with Crippen LogP contribution < -0.4 is 5.73 Å². The smallest absolute Gasteiger partial charge is 0.0804 e. The van der Waals surface area contributed by atoms with E-state index in [-0.39, 0.29) is 5.60 Å². The summed E-state index contributed by atoms with van der Waals surface area (Å²) in [5.74, 6) is 0.819.